The molecular formula is C30H46O5. The van der Waals surface area contributed by atoms with Gasteiger partial charge in [0.2, 0.25) is 0 Å². The van der Waals surface area contributed by atoms with Crippen molar-refractivity contribution in [2.24, 2.45) is 50.2 Å². The van der Waals surface area contributed by atoms with Gasteiger partial charge >= 0.3 is 5.97 Å². The molecule has 5 rings (SSSR count). The van der Waals surface area contributed by atoms with Crippen LogP contribution in [0.2, 0.25) is 0 Å². The fraction of sp³-hybridized carbons (Fsp3) is 0.867. The third kappa shape index (κ3) is 2.94. The van der Waals surface area contributed by atoms with Crippen LogP contribution in [-0.4, -0.2) is 39.8 Å². The molecule has 9 atom stereocenters. The standard InChI is InChI=1S/C30H46O5/c1-25(2)20-9-10-28(5)21(29(20,6)23(33)15-22(25)32)8-7-18-19-16-26(3,17-31)11-13-30(19,24(34)35)14-12-27(18,28)4/h7,19-22,31-32H,8-17H2,1-6H3,(H,34,35). The number of carboxylic acid groups (broad SMARTS) is 1. The quantitative estimate of drug-likeness (QED) is 0.455. The van der Waals surface area contributed by atoms with Crippen LogP contribution in [0.25, 0.3) is 0 Å². The van der Waals surface area contributed by atoms with Gasteiger partial charge < -0.3 is 15.3 Å². The number of allylic oxidation sites excluding steroid dienone is 2. The maximum atomic E-state index is 13.7. The van der Waals surface area contributed by atoms with Gasteiger partial charge in [0, 0.05) is 18.4 Å². The second-order valence-corrected chi connectivity index (χ2v) is 14.7. The van der Waals surface area contributed by atoms with Crippen molar-refractivity contribution < 1.29 is 24.9 Å². The van der Waals surface area contributed by atoms with Crippen LogP contribution >= 0.6 is 0 Å². The monoisotopic (exact) mass is 486 g/mol. The maximum absolute atomic E-state index is 13.7. The lowest BCUT2D eigenvalue weighted by atomic mass is 9.33. The summed E-state index contributed by atoms with van der Waals surface area (Å²) in [5.74, 6) is -0.185. The van der Waals surface area contributed by atoms with Crippen LogP contribution < -0.4 is 0 Å². The highest BCUT2D eigenvalue weighted by Gasteiger charge is 2.71. The van der Waals surface area contributed by atoms with Crippen molar-refractivity contribution in [3.05, 3.63) is 11.6 Å². The van der Waals surface area contributed by atoms with E-state index in [4.69, 9.17) is 0 Å². The van der Waals surface area contributed by atoms with E-state index in [-0.39, 0.29) is 58.2 Å². The fourth-order valence-corrected chi connectivity index (χ4v) is 10.3. The zero-order valence-corrected chi connectivity index (χ0v) is 22.6. The van der Waals surface area contributed by atoms with E-state index in [2.05, 4.69) is 47.6 Å². The maximum Gasteiger partial charge on any atom is 0.310 e. The van der Waals surface area contributed by atoms with Crippen molar-refractivity contribution in [2.75, 3.05) is 6.61 Å². The summed E-state index contributed by atoms with van der Waals surface area (Å²) in [4.78, 5) is 26.5. The van der Waals surface area contributed by atoms with Gasteiger partial charge in [-0.25, -0.2) is 0 Å². The molecule has 0 aromatic heterocycles. The predicted molar refractivity (Wildman–Crippen MR) is 134 cm³/mol. The summed E-state index contributed by atoms with van der Waals surface area (Å²) in [5.41, 5.74) is -0.731. The Balaban J connectivity index is 1.62. The molecule has 196 valence electrons. The molecule has 0 spiro atoms. The first kappa shape index (κ1) is 25.4. The number of aliphatic hydroxyl groups excluding tert-OH is 2. The SMILES string of the molecule is CC1(CO)CCC2(C(=O)O)CCC3(C)C(=CCC4C5(C)C(=O)CC(O)C(C)(C)C5CCC43C)C2C1. The fourth-order valence-electron chi connectivity index (χ4n) is 10.3. The number of carboxylic acids is 1. The first-order valence-corrected chi connectivity index (χ1v) is 13.9. The number of carbonyl (C=O) groups is 2. The summed E-state index contributed by atoms with van der Waals surface area (Å²) in [6, 6.07) is 0. The first-order chi connectivity index (χ1) is 16.1. The van der Waals surface area contributed by atoms with Gasteiger partial charge in [0.25, 0.3) is 0 Å². The molecule has 5 heteroatoms. The minimum Gasteiger partial charge on any atom is -0.481 e. The summed E-state index contributed by atoms with van der Waals surface area (Å²) < 4.78 is 0. The van der Waals surface area contributed by atoms with Crippen molar-refractivity contribution in [3.63, 3.8) is 0 Å². The summed E-state index contributed by atoms with van der Waals surface area (Å²) in [5, 5.41) is 31.5. The molecule has 0 amide bonds. The van der Waals surface area contributed by atoms with Gasteiger partial charge in [0.1, 0.15) is 5.78 Å². The highest BCUT2D eigenvalue weighted by molar-refractivity contribution is 5.87. The minimum atomic E-state index is -0.739. The third-order valence-electron chi connectivity index (χ3n) is 13.2. The molecule has 0 saturated heterocycles. The van der Waals surface area contributed by atoms with Crippen LogP contribution in [0.15, 0.2) is 11.6 Å². The van der Waals surface area contributed by atoms with Crippen molar-refractivity contribution >= 4 is 11.8 Å². The number of carbonyl (C=O) groups excluding carboxylic acids is 1. The molecule has 9 unspecified atom stereocenters. The third-order valence-corrected chi connectivity index (χ3v) is 13.2. The molecule has 0 aromatic rings. The van der Waals surface area contributed by atoms with E-state index in [9.17, 15) is 24.9 Å². The van der Waals surface area contributed by atoms with Gasteiger partial charge in [-0.15, -0.1) is 0 Å². The van der Waals surface area contributed by atoms with E-state index in [1.165, 1.54) is 5.57 Å². The van der Waals surface area contributed by atoms with Crippen molar-refractivity contribution in [3.8, 4) is 0 Å². The lowest BCUT2D eigenvalue weighted by Crippen LogP contribution is -2.67. The molecule has 5 nitrogen and oxygen atoms in total. The molecule has 0 heterocycles. The molecule has 0 radical (unpaired) electrons. The number of hydrogen-bond acceptors (Lipinski definition) is 4. The molecular weight excluding hydrogens is 440 g/mol. The summed E-state index contributed by atoms with van der Waals surface area (Å²) in [6.45, 7) is 13.4. The second-order valence-electron chi connectivity index (χ2n) is 14.7. The lowest BCUT2D eigenvalue weighted by molar-refractivity contribution is -0.204. The van der Waals surface area contributed by atoms with Crippen LogP contribution in [0.4, 0.5) is 0 Å². The number of aliphatic carboxylic acids is 1. The molecule has 4 saturated carbocycles. The smallest absolute Gasteiger partial charge is 0.310 e. The van der Waals surface area contributed by atoms with E-state index in [1.54, 1.807) is 0 Å². The average molecular weight is 487 g/mol. The zero-order valence-electron chi connectivity index (χ0n) is 22.6. The van der Waals surface area contributed by atoms with Gasteiger partial charge in [-0.2, -0.15) is 0 Å². The molecule has 0 bridgehead atoms. The van der Waals surface area contributed by atoms with E-state index < -0.39 is 22.9 Å². The van der Waals surface area contributed by atoms with Gasteiger partial charge in [-0.1, -0.05) is 53.2 Å². The molecule has 4 fully saturated rings. The summed E-state index contributed by atoms with van der Waals surface area (Å²) in [6.07, 6.45) is 8.31. The largest absolute Gasteiger partial charge is 0.481 e. The Hall–Kier alpha value is -1.20. The number of rotatable bonds is 2. The molecule has 35 heavy (non-hydrogen) atoms. The van der Waals surface area contributed by atoms with Gasteiger partial charge in [-0.3, -0.25) is 9.59 Å². The molecule has 0 aromatic carbocycles. The van der Waals surface area contributed by atoms with Crippen LogP contribution in [0.1, 0.15) is 99.3 Å². The van der Waals surface area contributed by atoms with Crippen LogP contribution in [0.5, 0.6) is 0 Å². The molecule has 0 aliphatic heterocycles. The summed E-state index contributed by atoms with van der Waals surface area (Å²) in [7, 11) is 0. The van der Waals surface area contributed by atoms with Crippen molar-refractivity contribution in [1.82, 2.24) is 0 Å². The van der Waals surface area contributed by atoms with E-state index in [0.29, 0.717) is 12.8 Å². The Labute approximate surface area is 210 Å². The first-order valence-electron chi connectivity index (χ1n) is 13.9. The number of fused-ring (bicyclic) bond motifs is 7. The number of Topliss-reactive ketones (excluding diaryl/α,β-unsaturated/α-hetero) is 1. The molecule has 5 aliphatic carbocycles. The van der Waals surface area contributed by atoms with Gasteiger partial charge in [-0.05, 0) is 90.8 Å². The van der Waals surface area contributed by atoms with E-state index in [1.807, 2.05) is 0 Å². The normalized spacial score (nSPS) is 52.9. The number of aliphatic hydroxyl groups is 2. The summed E-state index contributed by atoms with van der Waals surface area (Å²) >= 11 is 0. The zero-order chi connectivity index (χ0) is 25.8. The molecule has 5 aliphatic rings. The van der Waals surface area contributed by atoms with Crippen LogP contribution in [0.3, 0.4) is 0 Å². The van der Waals surface area contributed by atoms with Crippen LogP contribution in [-0.2, 0) is 9.59 Å². The number of hydrogen-bond donors (Lipinski definition) is 3. The van der Waals surface area contributed by atoms with Crippen molar-refractivity contribution in [1.29, 1.82) is 0 Å². The topological polar surface area (TPSA) is 94.8 Å². The predicted octanol–water partition coefficient (Wildman–Crippen LogP) is 5.39. The molecule has 3 N–H and O–H groups in total. The Morgan fingerprint density at radius 3 is 2.29 bits per heavy atom. The average Bonchev–Trinajstić information content (AvgIpc) is 2.78. The Morgan fingerprint density at radius 1 is 1.00 bits per heavy atom. The highest BCUT2D eigenvalue weighted by Crippen LogP contribution is 2.75. The van der Waals surface area contributed by atoms with E-state index in [0.717, 1.165) is 38.5 Å². The van der Waals surface area contributed by atoms with Crippen molar-refractivity contribution in [2.45, 2.75) is 105 Å². The Morgan fingerprint density at radius 2 is 1.66 bits per heavy atom. The van der Waals surface area contributed by atoms with Gasteiger partial charge in [0.15, 0.2) is 0 Å². The lowest BCUT2D eigenvalue weighted by Gasteiger charge is -2.70. The van der Waals surface area contributed by atoms with Crippen LogP contribution in [0, 0.1) is 50.2 Å². The minimum absolute atomic E-state index is 0.0618. The Kier molecular flexibility index (Phi) is 5.40. The second kappa shape index (κ2) is 7.43. The Bertz CT molecular complexity index is 983. The van der Waals surface area contributed by atoms with E-state index >= 15 is 0 Å². The van der Waals surface area contributed by atoms with Gasteiger partial charge in [0.05, 0.1) is 11.5 Å². The number of ketones is 1. The highest BCUT2D eigenvalue weighted by atomic mass is 16.4.